The molecule has 0 radical (unpaired) electrons. The van der Waals surface area contributed by atoms with Crippen molar-refractivity contribution in [2.75, 3.05) is 5.32 Å². The molecule has 1 saturated carbocycles. The number of hydrogen-bond donors (Lipinski definition) is 1. The predicted octanol–water partition coefficient (Wildman–Crippen LogP) is 3.92. The molecule has 0 bridgehead atoms. The Labute approximate surface area is 146 Å². The van der Waals surface area contributed by atoms with Crippen molar-refractivity contribution >= 4 is 11.7 Å². The normalized spacial score (nSPS) is 13.7. The van der Waals surface area contributed by atoms with Crippen LogP contribution in [-0.2, 0) is 7.05 Å². The molecule has 126 valence electrons. The van der Waals surface area contributed by atoms with Gasteiger partial charge in [-0.1, -0.05) is 18.2 Å². The lowest BCUT2D eigenvalue weighted by molar-refractivity contribution is 0.102. The maximum atomic E-state index is 12.6. The van der Waals surface area contributed by atoms with Crippen molar-refractivity contribution in [3.8, 4) is 11.3 Å². The van der Waals surface area contributed by atoms with Crippen LogP contribution in [0.15, 0.2) is 48.8 Å². The monoisotopic (exact) mass is 332 g/mol. The molecule has 3 aromatic rings. The Bertz CT molecular complexity index is 926. The first kappa shape index (κ1) is 15.6. The summed E-state index contributed by atoms with van der Waals surface area (Å²) in [5, 5.41) is 7.30. The number of rotatable bonds is 4. The Hall–Kier alpha value is -2.95. The Morgan fingerprint density at radius 1 is 1.20 bits per heavy atom. The third-order valence-corrected chi connectivity index (χ3v) is 4.65. The van der Waals surface area contributed by atoms with E-state index in [2.05, 4.69) is 22.3 Å². The minimum absolute atomic E-state index is 0.151. The molecule has 0 unspecified atom stereocenters. The molecule has 2 heterocycles. The van der Waals surface area contributed by atoms with E-state index in [0.29, 0.717) is 17.3 Å². The lowest BCUT2D eigenvalue weighted by Crippen LogP contribution is -2.15. The van der Waals surface area contributed by atoms with Crippen LogP contribution in [0.5, 0.6) is 0 Å². The molecule has 0 saturated heterocycles. The third-order valence-electron chi connectivity index (χ3n) is 4.65. The number of nitrogens with one attached hydrogen (secondary N) is 1. The molecule has 0 atom stereocenters. The van der Waals surface area contributed by atoms with Crippen LogP contribution in [0.4, 0.5) is 5.82 Å². The van der Waals surface area contributed by atoms with Crippen LogP contribution < -0.4 is 5.32 Å². The molecule has 5 heteroatoms. The standard InChI is InChI=1S/C20H20N4O/c1-13-12-21-19(23-20(25)15-6-4-3-5-7-15)18(17(13)14-8-9-14)16-10-11-22-24(16)2/h3-7,10-12,14H,8-9H2,1-2H3,(H,21,23,25). The number of anilines is 1. The number of aryl methyl sites for hydroxylation is 2. The molecule has 1 aromatic carbocycles. The Morgan fingerprint density at radius 2 is 1.96 bits per heavy atom. The van der Waals surface area contributed by atoms with Crippen molar-refractivity contribution in [2.24, 2.45) is 7.05 Å². The highest BCUT2D eigenvalue weighted by Crippen LogP contribution is 2.47. The zero-order valence-electron chi connectivity index (χ0n) is 14.4. The average Bonchev–Trinajstić information content (AvgIpc) is 3.38. The highest BCUT2D eigenvalue weighted by atomic mass is 16.1. The van der Waals surface area contributed by atoms with Gasteiger partial charge >= 0.3 is 0 Å². The first-order valence-electron chi connectivity index (χ1n) is 8.49. The van der Waals surface area contributed by atoms with Gasteiger partial charge in [0.15, 0.2) is 0 Å². The molecule has 4 rings (SSSR count). The van der Waals surface area contributed by atoms with Crippen LogP contribution in [0, 0.1) is 6.92 Å². The van der Waals surface area contributed by atoms with Crippen molar-refractivity contribution < 1.29 is 4.79 Å². The number of amides is 1. The fourth-order valence-electron chi connectivity index (χ4n) is 3.26. The van der Waals surface area contributed by atoms with Gasteiger partial charge < -0.3 is 5.32 Å². The molecule has 25 heavy (non-hydrogen) atoms. The van der Waals surface area contributed by atoms with Crippen molar-refractivity contribution in [3.05, 3.63) is 65.5 Å². The largest absolute Gasteiger partial charge is 0.306 e. The minimum atomic E-state index is -0.151. The number of nitrogens with zero attached hydrogens (tertiary/aromatic N) is 3. The second-order valence-corrected chi connectivity index (χ2v) is 6.51. The maximum absolute atomic E-state index is 12.6. The fourth-order valence-corrected chi connectivity index (χ4v) is 3.26. The summed E-state index contributed by atoms with van der Waals surface area (Å²) in [7, 11) is 1.91. The number of hydrogen-bond acceptors (Lipinski definition) is 3. The van der Waals surface area contributed by atoms with Gasteiger partial charge in [0, 0.05) is 30.6 Å². The zero-order chi connectivity index (χ0) is 17.4. The third kappa shape index (κ3) is 2.93. The van der Waals surface area contributed by atoms with Gasteiger partial charge in [0.1, 0.15) is 5.82 Å². The Kier molecular flexibility index (Phi) is 3.84. The SMILES string of the molecule is Cc1cnc(NC(=O)c2ccccc2)c(-c2ccnn2C)c1C1CC1. The first-order chi connectivity index (χ1) is 12.1. The van der Waals surface area contributed by atoms with E-state index < -0.39 is 0 Å². The number of aromatic nitrogens is 3. The molecule has 1 fully saturated rings. The summed E-state index contributed by atoms with van der Waals surface area (Å²) < 4.78 is 1.83. The maximum Gasteiger partial charge on any atom is 0.256 e. The molecule has 5 nitrogen and oxygen atoms in total. The lowest BCUT2D eigenvalue weighted by atomic mass is 9.97. The van der Waals surface area contributed by atoms with E-state index >= 15 is 0 Å². The van der Waals surface area contributed by atoms with Gasteiger partial charge in [-0.05, 0) is 55.0 Å². The van der Waals surface area contributed by atoms with Gasteiger partial charge in [0.25, 0.3) is 5.91 Å². The van der Waals surface area contributed by atoms with Crippen LogP contribution in [0.1, 0.15) is 40.2 Å². The Balaban J connectivity index is 1.81. The molecule has 1 aliphatic carbocycles. The summed E-state index contributed by atoms with van der Waals surface area (Å²) in [4.78, 5) is 17.2. The molecule has 1 aliphatic rings. The summed E-state index contributed by atoms with van der Waals surface area (Å²) in [6.07, 6.45) is 5.99. The van der Waals surface area contributed by atoms with E-state index in [1.165, 1.54) is 18.4 Å². The molecule has 1 N–H and O–H groups in total. The first-order valence-corrected chi connectivity index (χ1v) is 8.49. The number of benzene rings is 1. The second-order valence-electron chi connectivity index (χ2n) is 6.51. The van der Waals surface area contributed by atoms with E-state index in [0.717, 1.165) is 16.8 Å². The van der Waals surface area contributed by atoms with Gasteiger partial charge in [-0.3, -0.25) is 9.48 Å². The summed E-state index contributed by atoms with van der Waals surface area (Å²) in [6, 6.07) is 11.2. The predicted molar refractivity (Wildman–Crippen MR) is 97.5 cm³/mol. The topological polar surface area (TPSA) is 59.8 Å². The molecule has 0 aliphatic heterocycles. The van der Waals surface area contributed by atoms with Gasteiger partial charge in [0.05, 0.1) is 5.69 Å². The van der Waals surface area contributed by atoms with E-state index in [4.69, 9.17) is 0 Å². The van der Waals surface area contributed by atoms with Crippen LogP contribution in [0.2, 0.25) is 0 Å². The summed E-state index contributed by atoms with van der Waals surface area (Å²) in [5.74, 6) is 0.993. The molecular formula is C20H20N4O. The molecule has 1 amide bonds. The average molecular weight is 332 g/mol. The second kappa shape index (κ2) is 6.16. The van der Waals surface area contributed by atoms with Gasteiger partial charge in [-0.15, -0.1) is 0 Å². The van der Waals surface area contributed by atoms with E-state index in [1.807, 2.05) is 42.2 Å². The quantitative estimate of drug-likeness (QED) is 0.788. The molecular weight excluding hydrogens is 312 g/mol. The highest BCUT2D eigenvalue weighted by Gasteiger charge is 2.31. The van der Waals surface area contributed by atoms with Crippen LogP contribution in [0.25, 0.3) is 11.3 Å². The van der Waals surface area contributed by atoms with Crippen LogP contribution in [-0.4, -0.2) is 20.7 Å². The van der Waals surface area contributed by atoms with Crippen LogP contribution in [0.3, 0.4) is 0 Å². The van der Waals surface area contributed by atoms with Gasteiger partial charge in [-0.2, -0.15) is 5.10 Å². The summed E-state index contributed by atoms with van der Waals surface area (Å²) in [5.41, 5.74) is 5.03. The van der Waals surface area contributed by atoms with Crippen molar-refractivity contribution in [1.82, 2.24) is 14.8 Å². The minimum Gasteiger partial charge on any atom is -0.306 e. The smallest absolute Gasteiger partial charge is 0.256 e. The van der Waals surface area contributed by atoms with Gasteiger partial charge in [0.2, 0.25) is 0 Å². The summed E-state index contributed by atoms with van der Waals surface area (Å²) in [6.45, 7) is 2.09. The fraction of sp³-hybridized carbons (Fsp3) is 0.250. The molecule has 0 spiro atoms. The summed E-state index contributed by atoms with van der Waals surface area (Å²) >= 11 is 0. The van der Waals surface area contributed by atoms with E-state index in [9.17, 15) is 4.79 Å². The van der Waals surface area contributed by atoms with Gasteiger partial charge in [-0.25, -0.2) is 4.98 Å². The van der Waals surface area contributed by atoms with E-state index in [-0.39, 0.29) is 5.91 Å². The van der Waals surface area contributed by atoms with E-state index in [1.54, 1.807) is 18.3 Å². The zero-order valence-corrected chi connectivity index (χ0v) is 14.4. The molecule has 2 aromatic heterocycles. The van der Waals surface area contributed by atoms with Crippen molar-refractivity contribution in [1.29, 1.82) is 0 Å². The lowest BCUT2D eigenvalue weighted by Gasteiger charge is -2.17. The number of carbonyl (C=O) groups is 1. The highest BCUT2D eigenvalue weighted by molar-refractivity contribution is 6.05. The number of carbonyl (C=O) groups excluding carboxylic acids is 1. The van der Waals surface area contributed by atoms with Crippen LogP contribution >= 0.6 is 0 Å². The van der Waals surface area contributed by atoms with Crippen molar-refractivity contribution in [3.63, 3.8) is 0 Å². The Morgan fingerprint density at radius 3 is 2.60 bits per heavy atom. The van der Waals surface area contributed by atoms with Crippen molar-refractivity contribution in [2.45, 2.75) is 25.7 Å². The number of pyridine rings is 1.